The standard InChI is InChI=1S/C16H23ClN2O3S/c1-9-7-10(17)8-11(12(9)18-6)13(20)19-14-15(2,3)23(21,22)16(14,4)5/h7-8,14,18H,1-6H3,(H,19,20). The number of aryl methyl sites for hydroxylation is 1. The van der Waals surface area contributed by atoms with Crippen molar-refractivity contribution in [2.45, 2.75) is 50.2 Å². The Morgan fingerprint density at radius 3 is 2.17 bits per heavy atom. The average molecular weight is 359 g/mol. The van der Waals surface area contributed by atoms with Crippen molar-refractivity contribution in [1.29, 1.82) is 0 Å². The lowest BCUT2D eigenvalue weighted by atomic mass is 9.88. The fourth-order valence-electron chi connectivity index (χ4n) is 3.58. The molecule has 1 saturated heterocycles. The second-order valence-corrected chi connectivity index (χ2v) is 10.6. The number of hydrogen-bond acceptors (Lipinski definition) is 4. The summed E-state index contributed by atoms with van der Waals surface area (Å²) in [4.78, 5) is 12.7. The Balaban J connectivity index is 2.38. The average Bonchev–Trinajstić information content (AvgIpc) is 2.42. The molecule has 0 spiro atoms. The molecule has 1 aromatic carbocycles. The lowest BCUT2D eigenvalue weighted by Gasteiger charge is -2.56. The highest BCUT2D eigenvalue weighted by Crippen LogP contribution is 2.48. The minimum Gasteiger partial charge on any atom is -0.387 e. The van der Waals surface area contributed by atoms with Crippen LogP contribution in [0.1, 0.15) is 43.6 Å². The third-order valence-corrected chi connectivity index (χ3v) is 8.31. The van der Waals surface area contributed by atoms with E-state index in [1.54, 1.807) is 46.9 Å². The summed E-state index contributed by atoms with van der Waals surface area (Å²) in [6.45, 7) is 8.42. The van der Waals surface area contributed by atoms with Gasteiger partial charge in [0.15, 0.2) is 9.84 Å². The van der Waals surface area contributed by atoms with Gasteiger partial charge in [-0.15, -0.1) is 0 Å². The maximum Gasteiger partial charge on any atom is 0.253 e. The molecular weight excluding hydrogens is 336 g/mol. The second-order valence-electron chi connectivity index (χ2n) is 7.01. The van der Waals surface area contributed by atoms with Crippen LogP contribution in [0.25, 0.3) is 0 Å². The van der Waals surface area contributed by atoms with Gasteiger partial charge in [0.05, 0.1) is 21.1 Å². The maximum atomic E-state index is 12.7. The van der Waals surface area contributed by atoms with Crippen molar-refractivity contribution in [2.75, 3.05) is 12.4 Å². The minimum absolute atomic E-state index is 0.332. The van der Waals surface area contributed by atoms with E-state index >= 15 is 0 Å². The third-order valence-electron chi connectivity index (χ3n) is 4.85. The fraction of sp³-hybridized carbons (Fsp3) is 0.562. The zero-order chi connectivity index (χ0) is 17.8. The molecule has 0 saturated carbocycles. The lowest BCUT2D eigenvalue weighted by Crippen LogP contribution is -2.77. The van der Waals surface area contributed by atoms with Crippen LogP contribution < -0.4 is 10.6 Å². The lowest BCUT2D eigenvalue weighted by molar-refractivity contribution is 0.0907. The molecule has 0 bridgehead atoms. The first-order chi connectivity index (χ1) is 10.4. The maximum absolute atomic E-state index is 12.7. The highest BCUT2D eigenvalue weighted by Gasteiger charge is 2.67. The van der Waals surface area contributed by atoms with Crippen molar-refractivity contribution in [3.05, 3.63) is 28.3 Å². The van der Waals surface area contributed by atoms with Gasteiger partial charge in [-0.2, -0.15) is 0 Å². The molecule has 1 aromatic rings. The SMILES string of the molecule is CNc1c(C)cc(Cl)cc1C(=O)NC1C(C)(C)S(=O)(=O)C1(C)C. The van der Waals surface area contributed by atoms with E-state index in [4.69, 9.17) is 11.6 Å². The van der Waals surface area contributed by atoms with Crippen LogP contribution in [-0.4, -0.2) is 36.9 Å². The van der Waals surface area contributed by atoms with Crippen LogP contribution in [0, 0.1) is 6.92 Å². The third kappa shape index (κ3) is 2.43. The van der Waals surface area contributed by atoms with E-state index in [2.05, 4.69) is 10.6 Å². The summed E-state index contributed by atoms with van der Waals surface area (Å²) in [6, 6.07) is 2.88. The number of sulfone groups is 1. The molecule has 1 heterocycles. The summed E-state index contributed by atoms with van der Waals surface area (Å²) < 4.78 is 22.7. The first-order valence-corrected chi connectivity index (χ1v) is 9.27. The van der Waals surface area contributed by atoms with Gasteiger partial charge in [0.25, 0.3) is 5.91 Å². The van der Waals surface area contributed by atoms with Gasteiger partial charge in [-0.05, 0) is 52.3 Å². The summed E-state index contributed by atoms with van der Waals surface area (Å²) in [6.07, 6.45) is 0. The second kappa shape index (κ2) is 5.38. The van der Waals surface area contributed by atoms with E-state index in [9.17, 15) is 13.2 Å². The quantitative estimate of drug-likeness (QED) is 0.871. The van der Waals surface area contributed by atoms with Crippen LogP contribution in [-0.2, 0) is 9.84 Å². The molecule has 2 N–H and O–H groups in total. The highest BCUT2D eigenvalue weighted by atomic mass is 35.5. The van der Waals surface area contributed by atoms with Crippen molar-refractivity contribution in [3.8, 4) is 0 Å². The normalized spacial score (nSPS) is 21.3. The van der Waals surface area contributed by atoms with Gasteiger partial charge < -0.3 is 10.6 Å². The molecule has 0 unspecified atom stereocenters. The summed E-state index contributed by atoms with van der Waals surface area (Å²) in [5.74, 6) is -0.332. The molecule has 1 aliphatic heterocycles. The zero-order valence-corrected chi connectivity index (χ0v) is 15.8. The summed E-state index contributed by atoms with van der Waals surface area (Å²) in [5, 5.41) is 6.35. The summed E-state index contributed by atoms with van der Waals surface area (Å²) in [7, 11) is -1.57. The van der Waals surface area contributed by atoms with Crippen LogP contribution >= 0.6 is 11.6 Å². The van der Waals surface area contributed by atoms with E-state index in [1.165, 1.54) is 0 Å². The van der Waals surface area contributed by atoms with E-state index in [0.717, 1.165) is 5.56 Å². The molecule has 0 aliphatic carbocycles. The molecule has 1 fully saturated rings. The van der Waals surface area contributed by atoms with E-state index in [0.29, 0.717) is 16.3 Å². The highest BCUT2D eigenvalue weighted by molar-refractivity contribution is 7.95. The number of nitrogens with one attached hydrogen (secondary N) is 2. The van der Waals surface area contributed by atoms with Crippen molar-refractivity contribution in [1.82, 2.24) is 5.32 Å². The first kappa shape index (κ1) is 18.1. The Kier molecular flexibility index (Phi) is 4.23. The minimum atomic E-state index is -3.30. The van der Waals surface area contributed by atoms with Gasteiger partial charge in [-0.25, -0.2) is 8.42 Å². The Morgan fingerprint density at radius 1 is 1.17 bits per heavy atom. The number of benzene rings is 1. The summed E-state index contributed by atoms with van der Waals surface area (Å²) in [5.41, 5.74) is 1.95. The molecule has 1 aliphatic rings. The van der Waals surface area contributed by atoms with E-state index < -0.39 is 25.4 Å². The first-order valence-electron chi connectivity index (χ1n) is 7.41. The van der Waals surface area contributed by atoms with Gasteiger partial charge in [-0.1, -0.05) is 11.6 Å². The number of carbonyl (C=O) groups is 1. The number of halogens is 1. The molecule has 1 amide bonds. The molecular formula is C16H23ClN2O3S. The Hall–Kier alpha value is -1.27. The summed E-state index contributed by atoms with van der Waals surface area (Å²) >= 11 is 6.06. The number of amides is 1. The van der Waals surface area contributed by atoms with Gasteiger partial charge in [0.2, 0.25) is 0 Å². The van der Waals surface area contributed by atoms with Crippen molar-refractivity contribution in [2.24, 2.45) is 0 Å². The zero-order valence-electron chi connectivity index (χ0n) is 14.2. The van der Waals surface area contributed by atoms with Gasteiger partial charge in [-0.3, -0.25) is 4.79 Å². The van der Waals surface area contributed by atoms with Crippen molar-refractivity contribution >= 4 is 33.0 Å². The fourth-order valence-corrected chi connectivity index (χ4v) is 6.35. The van der Waals surface area contributed by atoms with E-state index in [-0.39, 0.29) is 5.91 Å². The smallest absolute Gasteiger partial charge is 0.253 e. The van der Waals surface area contributed by atoms with Crippen molar-refractivity contribution < 1.29 is 13.2 Å². The van der Waals surface area contributed by atoms with Crippen molar-refractivity contribution in [3.63, 3.8) is 0 Å². The predicted octanol–water partition coefficient (Wildman–Crippen LogP) is 2.77. The molecule has 0 aromatic heterocycles. The van der Waals surface area contributed by atoms with Crippen LogP contribution in [0.3, 0.4) is 0 Å². The molecule has 7 heteroatoms. The van der Waals surface area contributed by atoms with Crippen LogP contribution in [0.4, 0.5) is 5.69 Å². The number of hydrogen-bond donors (Lipinski definition) is 2. The molecule has 2 rings (SSSR count). The van der Waals surface area contributed by atoms with Crippen LogP contribution in [0.5, 0.6) is 0 Å². The molecule has 5 nitrogen and oxygen atoms in total. The molecule has 0 atom stereocenters. The number of anilines is 1. The van der Waals surface area contributed by atoms with Gasteiger partial charge >= 0.3 is 0 Å². The molecule has 23 heavy (non-hydrogen) atoms. The van der Waals surface area contributed by atoms with Crippen LogP contribution in [0.15, 0.2) is 12.1 Å². The predicted molar refractivity (Wildman–Crippen MR) is 94.1 cm³/mol. The largest absolute Gasteiger partial charge is 0.387 e. The molecule has 0 radical (unpaired) electrons. The van der Waals surface area contributed by atoms with Gasteiger partial charge in [0.1, 0.15) is 0 Å². The van der Waals surface area contributed by atoms with Gasteiger partial charge in [0, 0.05) is 17.8 Å². The Bertz CT molecular complexity index is 748. The number of rotatable bonds is 3. The number of carbonyl (C=O) groups excluding carboxylic acids is 1. The topological polar surface area (TPSA) is 75.3 Å². The van der Waals surface area contributed by atoms with E-state index in [1.807, 2.05) is 6.92 Å². The Labute approximate surface area is 142 Å². The molecule has 128 valence electrons. The monoisotopic (exact) mass is 358 g/mol. The Morgan fingerprint density at radius 2 is 1.70 bits per heavy atom. The van der Waals surface area contributed by atoms with Crippen LogP contribution in [0.2, 0.25) is 5.02 Å².